The molecule has 4 nitrogen and oxygen atoms in total. The number of anilines is 2. The van der Waals surface area contributed by atoms with Gasteiger partial charge in [-0.05, 0) is 18.2 Å². The molecule has 0 fully saturated rings. The highest BCUT2D eigenvalue weighted by Gasteiger charge is 2.04. The molecule has 0 aliphatic rings. The van der Waals surface area contributed by atoms with Crippen LogP contribution in [-0.2, 0) is 0 Å². The quantitative estimate of drug-likeness (QED) is 0.603. The van der Waals surface area contributed by atoms with Crippen molar-refractivity contribution in [1.82, 2.24) is 4.98 Å². The highest BCUT2D eigenvalue weighted by Crippen LogP contribution is 2.24. The summed E-state index contributed by atoms with van der Waals surface area (Å²) in [6.07, 6.45) is 1.47. The molecule has 0 atom stereocenters. The number of nitrogens with zero attached hydrogens (tertiary/aromatic N) is 2. The fourth-order valence-electron chi connectivity index (χ4n) is 1.32. The van der Waals surface area contributed by atoms with Crippen LogP contribution in [0.5, 0.6) is 0 Å². The Kier molecular flexibility index (Phi) is 1.72. The van der Waals surface area contributed by atoms with Crippen LogP contribution in [0.3, 0.4) is 0 Å². The molecule has 0 amide bonds. The first-order valence-corrected chi connectivity index (χ1v) is 4.06. The van der Waals surface area contributed by atoms with Crippen LogP contribution in [0.15, 0.2) is 24.4 Å². The molecule has 0 aliphatic carbocycles. The van der Waals surface area contributed by atoms with E-state index in [1.807, 2.05) is 6.07 Å². The summed E-state index contributed by atoms with van der Waals surface area (Å²) in [6, 6.07) is 7.23. The summed E-state index contributed by atoms with van der Waals surface area (Å²) in [5.74, 6) is 0. The second-order valence-electron chi connectivity index (χ2n) is 2.97. The molecule has 68 valence electrons. The van der Waals surface area contributed by atoms with Crippen LogP contribution >= 0.6 is 0 Å². The minimum atomic E-state index is 0.378. The third kappa shape index (κ3) is 1.12. The van der Waals surface area contributed by atoms with Gasteiger partial charge in [0.1, 0.15) is 6.07 Å². The average Bonchev–Trinajstić information content (AvgIpc) is 2.20. The van der Waals surface area contributed by atoms with E-state index < -0.39 is 0 Å². The number of nitriles is 1. The first kappa shape index (κ1) is 8.32. The fraction of sp³-hybridized carbons (Fsp3) is 0. The van der Waals surface area contributed by atoms with Gasteiger partial charge in [0.25, 0.3) is 0 Å². The van der Waals surface area contributed by atoms with Gasteiger partial charge in [-0.25, -0.2) is 0 Å². The molecule has 0 radical (unpaired) electrons. The highest BCUT2D eigenvalue weighted by molar-refractivity contribution is 5.94. The van der Waals surface area contributed by atoms with Crippen LogP contribution in [0.4, 0.5) is 11.4 Å². The standard InChI is InChI=1S/C10H8N4/c11-4-6-5-14-9-2-1-7(12)3-8(9)10(6)13/h1-3,5H,12H2,(H2,13,14). The molecular formula is C10H8N4. The number of rotatable bonds is 0. The summed E-state index contributed by atoms with van der Waals surface area (Å²) >= 11 is 0. The van der Waals surface area contributed by atoms with E-state index in [1.165, 1.54) is 6.20 Å². The number of benzene rings is 1. The monoisotopic (exact) mass is 184 g/mol. The van der Waals surface area contributed by atoms with Gasteiger partial charge < -0.3 is 11.5 Å². The predicted octanol–water partition coefficient (Wildman–Crippen LogP) is 1.27. The Bertz CT molecular complexity index is 540. The number of pyridine rings is 1. The Morgan fingerprint density at radius 1 is 1.29 bits per heavy atom. The number of nitrogens with two attached hydrogens (primary N) is 2. The second-order valence-corrected chi connectivity index (χ2v) is 2.97. The Morgan fingerprint density at radius 2 is 2.07 bits per heavy atom. The number of hydrogen-bond acceptors (Lipinski definition) is 4. The van der Waals surface area contributed by atoms with Crippen molar-refractivity contribution in [2.45, 2.75) is 0 Å². The SMILES string of the molecule is N#Cc1cnc2ccc(N)cc2c1N. The molecule has 4 heteroatoms. The molecule has 0 unspecified atom stereocenters. The average molecular weight is 184 g/mol. The van der Waals surface area contributed by atoms with Crippen LogP contribution in [0.2, 0.25) is 0 Å². The molecule has 0 saturated carbocycles. The largest absolute Gasteiger partial charge is 0.399 e. The summed E-state index contributed by atoms with van der Waals surface area (Å²) in [4.78, 5) is 4.10. The number of hydrogen-bond donors (Lipinski definition) is 2. The fourth-order valence-corrected chi connectivity index (χ4v) is 1.32. The van der Waals surface area contributed by atoms with Gasteiger partial charge in [-0.1, -0.05) is 0 Å². The topological polar surface area (TPSA) is 88.7 Å². The summed E-state index contributed by atoms with van der Waals surface area (Å²) in [7, 11) is 0. The van der Waals surface area contributed by atoms with Gasteiger partial charge in [0, 0.05) is 17.3 Å². The van der Waals surface area contributed by atoms with Gasteiger partial charge in [0.05, 0.1) is 16.8 Å². The van der Waals surface area contributed by atoms with Crippen molar-refractivity contribution in [3.8, 4) is 6.07 Å². The molecule has 0 saturated heterocycles. The van der Waals surface area contributed by atoms with E-state index >= 15 is 0 Å². The Labute approximate surface area is 80.8 Å². The molecular weight excluding hydrogens is 176 g/mol. The van der Waals surface area contributed by atoms with Crippen LogP contribution < -0.4 is 11.5 Å². The normalized spacial score (nSPS) is 9.93. The van der Waals surface area contributed by atoms with Crippen LogP contribution in [0, 0.1) is 11.3 Å². The highest BCUT2D eigenvalue weighted by atomic mass is 14.7. The van der Waals surface area contributed by atoms with Crippen LogP contribution in [0.1, 0.15) is 5.56 Å². The maximum absolute atomic E-state index is 8.75. The molecule has 1 aromatic heterocycles. The third-order valence-corrected chi connectivity index (χ3v) is 2.05. The molecule has 0 spiro atoms. The van der Waals surface area contributed by atoms with Gasteiger partial charge in [0.2, 0.25) is 0 Å². The van der Waals surface area contributed by atoms with Crippen molar-refractivity contribution in [1.29, 1.82) is 5.26 Å². The summed E-state index contributed by atoms with van der Waals surface area (Å²) in [5, 5.41) is 9.47. The van der Waals surface area contributed by atoms with Gasteiger partial charge in [-0.15, -0.1) is 0 Å². The van der Waals surface area contributed by atoms with E-state index in [0.29, 0.717) is 16.9 Å². The minimum Gasteiger partial charge on any atom is -0.399 e. The van der Waals surface area contributed by atoms with Crippen molar-refractivity contribution >= 4 is 22.3 Å². The number of fused-ring (bicyclic) bond motifs is 1. The van der Waals surface area contributed by atoms with Crippen molar-refractivity contribution in [3.63, 3.8) is 0 Å². The molecule has 1 aromatic carbocycles. The van der Waals surface area contributed by atoms with Gasteiger partial charge >= 0.3 is 0 Å². The molecule has 1 heterocycles. The Hall–Kier alpha value is -2.28. The van der Waals surface area contributed by atoms with Crippen molar-refractivity contribution in [2.75, 3.05) is 11.5 Å². The van der Waals surface area contributed by atoms with E-state index in [0.717, 1.165) is 10.9 Å². The minimum absolute atomic E-state index is 0.378. The Morgan fingerprint density at radius 3 is 2.79 bits per heavy atom. The summed E-state index contributed by atoms with van der Waals surface area (Å²) in [5.41, 5.74) is 13.6. The van der Waals surface area contributed by atoms with E-state index in [-0.39, 0.29) is 0 Å². The van der Waals surface area contributed by atoms with Crippen molar-refractivity contribution in [2.24, 2.45) is 0 Å². The first-order valence-electron chi connectivity index (χ1n) is 4.06. The molecule has 2 rings (SSSR count). The third-order valence-electron chi connectivity index (χ3n) is 2.05. The summed E-state index contributed by atoms with van der Waals surface area (Å²) in [6.45, 7) is 0. The lowest BCUT2D eigenvalue weighted by molar-refractivity contribution is 1.37. The van der Waals surface area contributed by atoms with E-state index in [9.17, 15) is 0 Å². The molecule has 0 bridgehead atoms. The maximum atomic E-state index is 8.75. The smallest absolute Gasteiger partial charge is 0.103 e. The van der Waals surface area contributed by atoms with Crippen molar-refractivity contribution in [3.05, 3.63) is 30.0 Å². The van der Waals surface area contributed by atoms with Gasteiger partial charge in [-0.3, -0.25) is 4.98 Å². The zero-order chi connectivity index (χ0) is 10.1. The van der Waals surface area contributed by atoms with Gasteiger partial charge in [0.15, 0.2) is 0 Å². The number of aromatic nitrogens is 1. The van der Waals surface area contributed by atoms with Crippen molar-refractivity contribution < 1.29 is 0 Å². The van der Waals surface area contributed by atoms with Crippen LogP contribution in [0.25, 0.3) is 10.9 Å². The van der Waals surface area contributed by atoms with E-state index in [2.05, 4.69) is 4.98 Å². The van der Waals surface area contributed by atoms with Gasteiger partial charge in [-0.2, -0.15) is 5.26 Å². The zero-order valence-corrected chi connectivity index (χ0v) is 7.36. The lowest BCUT2D eigenvalue weighted by Gasteiger charge is -2.03. The lowest BCUT2D eigenvalue weighted by atomic mass is 10.1. The molecule has 4 N–H and O–H groups in total. The number of nitrogen functional groups attached to an aromatic ring is 2. The van der Waals surface area contributed by atoms with E-state index in [4.69, 9.17) is 16.7 Å². The summed E-state index contributed by atoms with van der Waals surface area (Å²) < 4.78 is 0. The predicted molar refractivity (Wildman–Crippen MR) is 55.3 cm³/mol. The molecule has 2 aromatic rings. The zero-order valence-electron chi connectivity index (χ0n) is 7.36. The maximum Gasteiger partial charge on any atom is 0.103 e. The van der Waals surface area contributed by atoms with Crippen LogP contribution in [-0.4, -0.2) is 4.98 Å². The lowest BCUT2D eigenvalue weighted by Crippen LogP contribution is -1.95. The second kappa shape index (κ2) is 2.89. The molecule has 0 aliphatic heterocycles. The van der Waals surface area contributed by atoms with E-state index in [1.54, 1.807) is 18.2 Å². The first-order chi connectivity index (χ1) is 6.72. The molecule has 14 heavy (non-hydrogen) atoms. The Balaban J connectivity index is 2.88.